The Labute approximate surface area is 99.1 Å². The van der Waals surface area contributed by atoms with Crippen molar-refractivity contribution in [2.75, 3.05) is 19.6 Å². The molecule has 4 heteroatoms. The van der Waals surface area contributed by atoms with Crippen LogP contribution in [0.5, 0.6) is 0 Å². The van der Waals surface area contributed by atoms with E-state index in [0.29, 0.717) is 6.54 Å². The molecule has 0 aliphatic heterocycles. The summed E-state index contributed by atoms with van der Waals surface area (Å²) in [6.07, 6.45) is 2.97. The second kappa shape index (κ2) is 8.39. The van der Waals surface area contributed by atoms with E-state index in [4.69, 9.17) is 4.74 Å². The predicted octanol–water partition coefficient (Wildman–Crippen LogP) is 2.29. The first kappa shape index (κ1) is 15.2. The van der Waals surface area contributed by atoms with Crippen LogP contribution in [0.1, 0.15) is 47.0 Å². The molecule has 0 spiro atoms. The van der Waals surface area contributed by atoms with Gasteiger partial charge < -0.3 is 15.4 Å². The Morgan fingerprint density at radius 3 is 2.31 bits per heavy atom. The van der Waals surface area contributed by atoms with Gasteiger partial charge in [0.15, 0.2) is 0 Å². The Hall–Kier alpha value is -0.770. The lowest BCUT2D eigenvalue weighted by Crippen LogP contribution is -2.33. The van der Waals surface area contributed by atoms with E-state index in [1.807, 2.05) is 20.8 Å². The molecule has 4 nitrogen and oxygen atoms in total. The van der Waals surface area contributed by atoms with E-state index in [1.165, 1.54) is 0 Å². The second-order valence-corrected chi connectivity index (χ2v) is 4.84. The van der Waals surface area contributed by atoms with Gasteiger partial charge in [0.25, 0.3) is 0 Å². The lowest BCUT2D eigenvalue weighted by molar-refractivity contribution is 0.0527. The number of hydrogen-bond acceptors (Lipinski definition) is 3. The van der Waals surface area contributed by atoms with Crippen molar-refractivity contribution in [1.82, 2.24) is 10.6 Å². The average molecular weight is 230 g/mol. The summed E-state index contributed by atoms with van der Waals surface area (Å²) in [6.45, 7) is 10.5. The number of nitrogens with one attached hydrogen (secondary N) is 2. The minimum Gasteiger partial charge on any atom is -0.444 e. The highest BCUT2D eigenvalue weighted by Gasteiger charge is 2.15. The summed E-state index contributed by atoms with van der Waals surface area (Å²) >= 11 is 0. The number of hydrogen-bond donors (Lipinski definition) is 2. The lowest BCUT2D eigenvalue weighted by Gasteiger charge is -2.19. The molecule has 0 radical (unpaired) electrons. The molecule has 16 heavy (non-hydrogen) atoms. The van der Waals surface area contributed by atoms with Gasteiger partial charge >= 0.3 is 6.09 Å². The van der Waals surface area contributed by atoms with Crippen molar-refractivity contribution in [2.24, 2.45) is 0 Å². The van der Waals surface area contributed by atoms with Gasteiger partial charge in [-0.05, 0) is 46.7 Å². The number of alkyl carbamates (subject to hydrolysis) is 1. The molecule has 0 heterocycles. The van der Waals surface area contributed by atoms with Crippen molar-refractivity contribution < 1.29 is 9.53 Å². The number of carbonyl (C=O) groups is 1. The monoisotopic (exact) mass is 230 g/mol. The minimum absolute atomic E-state index is 0.320. The molecule has 0 aliphatic rings. The van der Waals surface area contributed by atoms with E-state index in [2.05, 4.69) is 17.6 Å². The number of carbonyl (C=O) groups excluding carboxylic acids is 1. The van der Waals surface area contributed by atoms with Crippen molar-refractivity contribution in [3.63, 3.8) is 0 Å². The lowest BCUT2D eigenvalue weighted by atomic mass is 10.2. The smallest absolute Gasteiger partial charge is 0.407 e. The highest BCUT2D eigenvalue weighted by atomic mass is 16.6. The molecule has 0 aliphatic carbocycles. The fraction of sp³-hybridized carbons (Fsp3) is 0.917. The van der Waals surface area contributed by atoms with E-state index in [-0.39, 0.29) is 6.09 Å². The molecule has 2 N–H and O–H groups in total. The maximum Gasteiger partial charge on any atom is 0.407 e. The Morgan fingerprint density at radius 2 is 1.75 bits per heavy atom. The summed E-state index contributed by atoms with van der Waals surface area (Å²) in [6, 6.07) is 0. The number of ether oxygens (including phenoxy) is 1. The molecule has 0 fully saturated rings. The molecule has 0 rings (SSSR count). The van der Waals surface area contributed by atoms with Gasteiger partial charge in [0, 0.05) is 6.54 Å². The van der Waals surface area contributed by atoms with E-state index >= 15 is 0 Å². The summed E-state index contributed by atoms with van der Waals surface area (Å²) in [7, 11) is 0. The molecule has 0 unspecified atom stereocenters. The normalized spacial score (nSPS) is 11.2. The largest absolute Gasteiger partial charge is 0.444 e. The van der Waals surface area contributed by atoms with Gasteiger partial charge in [-0.2, -0.15) is 0 Å². The third-order valence-corrected chi connectivity index (χ3v) is 1.95. The zero-order valence-corrected chi connectivity index (χ0v) is 11.1. The van der Waals surface area contributed by atoms with Gasteiger partial charge in [0.1, 0.15) is 5.60 Å². The molecule has 1 amide bonds. The predicted molar refractivity (Wildman–Crippen MR) is 66.6 cm³/mol. The van der Waals surface area contributed by atoms with Crippen LogP contribution in [0.2, 0.25) is 0 Å². The summed E-state index contributed by atoms with van der Waals surface area (Å²) in [5.74, 6) is 0. The van der Waals surface area contributed by atoms with Crippen LogP contribution in [0.4, 0.5) is 4.79 Å². The number of amides is 1. The summed E-state index contributed by atoms with van der Waals surface area (Å²) in [5.41, 5.74) is -0.408. The first-order valence-electron chi connectivity index (χ1n) is 6.13. The number of rotatable bonds is 7. The SMILES string of the molecule is CCNCCCCCNC(=O)OC(C)(C)C. The van der Waals surface area contributed by atoms with Crippen LogP contribution in [0.3, 0.4) is 0 Å². The van der Waals surface area contributed by atoms with E-state index in [0.717, 1.165) is 32.4 Å². The van der Waals surface area contributed by atoms with E-state index < -0.39 is 5.60 Å². The zero-order chi connectivity index (χ0) is 12.4. The van der Waals surface area contributed by atoms with Crippen molar-refractivity contribution in [3.05, 3.63) is 0 Å². The molecule has 0 atom stereocenters. The molecule has 0 aromatic heterocycles. The standard InChI is InChI=1S/C12H26N2O2/c1-5-13-9-7-6-8-10-14-11(15)16-12(2,3)4/h13H,5-10H2,1-4H3,(H,14,15). The van der Waals surface area contributed by atoms with Crippen molar-refractivity contribution in [3.8, 4) is 0 Å². The van der Waals surface area contributed by atoms with Crippen molar-refractivity contribution >= 4 is 6.09 Å². The van der Waals surface area contributed by atoms with Gasteiger partial charge in [-0.3, -0.25) is 0 Å². The fourth-order valence-electron chi connectivity index (χ4n) is 1.23. The van der Waals surface area contributed by atoms with Crippen molar-refractivity contribution in [2.45, 2.75) is 52.6 Å². The Bertz CT molecular complexity index is 188. The molecular formula is C12H26N2O2. The van der Waals surface area contributed by atoms with Crippen LogP contribution in [0, 0.1) is 0 Å². The molecule has 0 saturated heterocycles. The fourth-order valence-corrected chi connectivity index (χ4v) is 1.23. The van der Waals surface area contributed by atoms with Crippen LogP contribution in [0.15, 0.2) is 0 Å². The molecule has 0 aromatic rings. The molecule has 0 bridgehead atoms. The maximum absolute atomic E-state index is 11.2. The molecule has 0 aromatic carbocycles. The third-order valence-electron chi connectivity index (χ3n) is 1.95. The van der Waals surface area contributed by atoms with Gasteiger partial charge in [0.05, 0.1) is 0 Å². The van der Waals surface area contributed by atoms with Crippen LogP contribution in [-0.4, -0.2) is 31.3 Å². The van der Waals surface area contributed by atoms with Gasteiger partial charge in [0.2, 0.25) is 0 Å². The van der Waals surface area contributed by atoms with E-state index in [1.54, 1.807) is 0 Å². The molecular weight excluding hydrogens is 204 g/mol. The summed E-state index contributed by atoms with van der Waals surface area (Å²) in [5, 5.41) is 6.02. The first-order valence-corrected chi connectivity index (χ1v) is 6.13. The number of unbranched alkanes of at least 4 members (excludes halogenated alkanes) is 2. The van der Waals surface area contributed by atoms with E-state index in [9.17, 15) is 4.79 Å². The third kappa shape index (κ3) is 11.3. The van der Waals surface area contributed by atoms with Gasteiger partial charge in [-0.15, -0.1) is 0 Å². The summed E-state index contributed by atoms with van der Waals surface area (Å²) in [4.78, 5) is 11.2. The average Bonchev–Trinajstić information content (AvgIpc) is 2.13. The van der Waals surface area contributed by atoms with Crippen LogP contribution >= 0.6 is 0 Å². The summed E-state index contributed by atoms with van der Waals surface area (Å²) < 4.78 is 5.12. The topological polar surface area (TPSA) is 50.4 Å². The highest BCUT2D eigenvalue weighted by molar-refractivity contribution is 5.67. The van der Waals surface area contributed by atoms with Gasteiger partial charge in [-0.25, -0.2) is 4.79 Å². The highest BCUT2D eigenvalue weighted by Crippen LogP contribution is 2.06. The zero-order valence-electron chi connectivity index (χ0n) is 11.1. The van der Waals surface area contributed by atoms with Crippen molar-refractivity contribution in [1.29, 1.82) is 0 Å². The molecule has 96 valence electrons. The van der Waals surface area contributed by atoms with Crippen LogP contribution < -0.4 is 10.6 Å². The first-order chi connectivity index (χ1) is 7.45. The minimum atomic E-state index is -0.408. The van der Waals surface area contributed by atoms with Crippen LogP contribution in [0.25, 0.3) is 0 Å². The second-order valence-electron chi connectivity index (χ2n) is 4.84. The maximum atomic E-state index is 11.2. The van der Waals surface area contributed by atoms with Gasteiger partial charge in [-0.1, -0.05) is 13.3 Å². The molecule has 0 saturated carbocycles. The Kier molecular flexibility index (Phi) is 7.99. The Balaban J connectivity index is 3.28. The Morgan fingerprint density at radius 1 is 1.12 bits per heavy atom. The quantitative estimate of drug-likeness (QED) is 0.660. The van der Waals surface area contributed by atoms with Crippen LogP contribution in [-0.2, 0) is 4.74 Å².